The number of nitrogen functional groups attached to an aromatic ring is 1. The summed E-state index contributed by atoms with van der Waals surface area (Å²) in [4.78, 5) is 2.42. The molecular formula is C13H18BrN3. The van der Waals surface area contributed by atoms with Crippen molar-refractivity contribution in [1.82, 2.24) is 0 Å². The van der Waals surface area contributed by atoms with Crippen molar-refractivity contribution in [2.24, 2.45) is 5.73 Å². The molecule has 0 bridgehead atoms. The number of anilines is 1. The van der Waals surface area contributed by atoms with Crippen molar-refractivity contribution in [1.29, 1.82) is 5.41 Å². The largest absolute Gasteiger partial charge is 0.384 e. The van der Waals surface area contributed by atoms with Crippen LogP contribution in [0.2, 0.25) is 0 Å². The van der Waals surface area contributed by atoms with Crippen molar-refractivity contribution >= 4 is 27.5 Å². The van der Waals surface area contributed by atoms with Gasteiger partial charge in [0.15, 0.2) is 0 Å². The van der Waals surface area contributed by atoms with E-state index in [0.29, 0.717) is 0 Å². The van der Waals surface area contributed by atoms with Gasteiger partial charge in [-0.25, -0.2) is 0 Å². The Kier molecular flexibility index (Phi) is 3.17. The van der Waals surface area contributed by atoms with Crippen LogP contribution in [-0.4, -0.2) is 17.9 Å². The average molecular weight is 296 g/mol. The van der Waals surface area contributed by atoms with Gasteiger partial charge in [0.25, 0.3) is 0 Å². The van der Waals surface area contributed by atoms with Crippen LogP contribution in [0.1, 0.15) is 32.3 Å². The zero-order valence-corrected chi connectivity index (χ0v) is 11.8. The summed E-state index contributed by atoms with van der Waals surface area (Å²) in [6.07, 6.45) is 2.46. The van der Waals surface area contributed by atoms with Gasteiger partial charge < -0.3 is 10.6 Å². The zero-order valence-electron chi connectivity index (χ0n) is 10.3. The minimum atomic E-state index is 0.101. The van der Waals surface area contributed by atoms with E-state index in [2.05, 4.69) is 46.8 Å². The van der Waals surface area contributed by atoms with E-state index >= 15 is 0 Å². The van der Waals surface area contributed by atoms with E-state index in [1.54, 1.807) is 0 Å². The summed E-state index contributed by atoms with van der Waals surface area (Å²) in [6, 6.07) is 6.02. The third kappa shape index (κ3) is 2.32. The third-order valence-electron chi connectivity index (χ3n) is 3.46. The van der Waals surface area contributed by atoms with E-state index in [-0.39, 0.29) is 11.4 Å². The quantitative estimate of drug-likeness (QED) is 0.651. The van der Waals surface area contributed by atoms with Gasteiger partial charge in [-0.15, -0.1) is 0 Å². The molecule has 17 heavy (non-hydrogen) atoms. The van der Waals surface area contributed by atoms with Crippen molar-refractivity contribution in [2.75, 3.05) is 11.4 Å². The highest BCUT2D eigenvalue weighted by atomic mass is 79.9. The van der Waals surface area contributed by atoms with Gasteiger partial charge >= 0.3 is 0 Å². The Morgan fingerprint density at radius 1 is 1.47 bits per heavy atom. The molecule has 1 saturated heterocycles. The van der Waals surface area contributed by atoms with Gasteiger partial charge in [0.2, 0.25) is 0 Å². The highest BCUT2D eigenvalue weighted by Crippen LogP contribution is 2.35. The number of hydrogen-bond acceptors (Lipinski definition) is 2. The van der Waals surface area contributed by atoms with E-state index in [9.17, 15) is 0 Å². The summed E-state index contributed by atoms with van der Waals surface area (Å²) in [6.45, 7) is 5.64. The normalized spacial score (nSPS) is 18.4. The van der Waals surface area contributed by atoms with Gasteiger partial charge in [-0.1, -0.05) is 0 Å². The molecule has 1 fully saturated rings. The van der Waals surface area contributed by atoms with Crippen molar-refractivity contribution < 1.29 is 0 Å². The Morgan fingerprint density at radius 3 is 2.65 bits per heavy atom. The second kappa shape index (κ2) is 4.33. The van der Waals surface area contributed by atoms with Crippen molar-refractivity contribution in [3.05, 3.63) is 28.2 Å². The number of nitrogens with two attached hydrogens (primary N) is 1. The van der Waals surface area contributed by atoms with Crippen LogP contribution in [0.5, 0.6) is 0 Å². The monoisotopic (exact) mass is 295 g/mol. The number of amidine groups is 1. The first-order valence-electron chi connectivity index (χ1n) is 5.83. The molecule has 3 nitrogen and oxygen atoms in total. The first kappa shape index (κ1) is 12.4. The summed E-state index contributed by atoms with van der Waals surface area (Å²) in [5.41, 5.74) is 7.68. The molecule has 3 N–H and O–H groups in total. The Balaban J connectivity index is 2.35. The smallest absolute Gasteiger partial charge is 0.123 e. The molecule has 1 aromatic rings. The Hall–Kier alpha value is -1.03. The van der Waals surface area contributed by atoms with Gasteiger partial charge in [-0.05, 0) is 60.8 Å². The third-order valence-corrected chi connectivity index (χ3v) is 4.11. The van der Waals surface area contributed by atoms with Gasteiger partial charge in [-0.2, -0.15) is 0 Å². The second-order valence-corrected chi connectivity index (χ2v) is 6.00. The number of nitrogens with zero attached hydrogens (tertiary/aromatic N) is 1. The Morgan fingerprint density at radius 2 is 2.18 bits per heavy atom. The molecule has 0 spiro atoms. The van der Waals surface area contributed by atoms with Crippen molar-refractivity contribution in [2.45, 2.75) is 32.2 Å². The highest BCUT2D eigenvalue weighted by molar-refractivity contribution is 9.10. The average Bonchev–Trinajstić information content (AvgIpc) is 2.57. The molecule has 0 aliphatic carbocycles. The topological polar surface area (TPSA) is 53.1 Å². The fourth-order valence-corrected chi connectivity index (χ4v) is 3.06. The minimum absolute atomic E-state index is 0.101. The molecule has 0 atom stereocenters. The Labute approximate surface area is 111 Å². The van der Waals surface area contributed by atoms with E-state index in [1.807, 2.05) is 6.07 Å². The summed E-state index contributed by atoms with van der Waals surface area (Å²) in [5, 5.41) is 7.47. The van der Waals surface area contributed by atoms with Crippen LogP contribution in [0.25, 0.3) is 0 Å². The number of rotatable bonds is 2. The fourth-order valence-electron chi connectivity index (χ4n) is 2.48. The van der Waals surface area contributed by atoms with E-state index < -0.39 is 0 Å². The second-order valence-electron chi connectivity index (χ2n) is 5.15. The van der Waals surface area contributed by atoms with E-state index in [1.165, 1.54) is 18.5 Å². The highest BCUT2D eigenvalue weighted by Gasteiger charge is 2.32. The molecule has 2 rings (SSSR count). The molecule has 4 heteroatoms. The van der Waals surface area contributed by atoms with Crippen LogP contribution in [0.4, 0.5) is 5.69 Å². The summed E-state index contributed by atoms with van der Waals surface area (Å²) in [7, 11) is 0. The molecule has 92 valence electrons. The van der Waals surface area contributed by atoms with Gasteiger partial charge in [-0.3, -0.25) is 5.41 Å². The van der Waals surface area contributed by atoms with Crippen LogP contribution >= 0.6 is 15.9 Å². The van der Waals surface area contributed by atoms with E-state index in [4.69, 9.17) is 11.1 Å². The predicted molar refractivity (Wildman–Crippen MR) is 75.8 cm³/mol. The predicted octanol–water partition coefficient (Wildman–Crippen LogP) is 3.11. The number of benzene rings is 1. The fraction of sp³-hybridized carbons (Fsp3) is 0.462. The van der Waals surface area contributed by atoms with Gasteiger partial charge in [0.1, 0.15) is 5.84 Å². The van der Waals surface area contributed by atoms with Crippen LogP contribution < -0.4 is 10.6 Å². The lowest BCUT2D eigenvalue weighted by Gasteiger charge is -2.34. The Bertz CT molecular complexity index is 454. The first-order chi connectivity index (χ1) is 7.92. The molecule has 0 unspecified atom stereocenters. The summed E-state index contributed by atoms with van der Waals surface area (Å²) >= 11 is 3.48. The number of nitrogens with one attached hydrogen (secondary N) is 1. The van der Waals surface area contributed by atoms with Crippen molar-refractivity contribution in [3.63, 3.8) is 0 Å². The first-order valence-corrected chi connectivity index (χ1v) is 6.63. The molecular weight excluding hydrogens is 278 g/mol. The minimum Gasteiger partial charge on any atom is -0.384 e. The summed E-state index contributed by atoms with van der Waals surface area (Å²) < 4.78 is 0.894. The summed E-state index contributed by atoms with van der Waals surface area (Å²) in [5.74, 6) is 0.101. The molecule has 1 aromatic carbocycles. The molecule has 0 saturated carbocycles. The van der Waals surface area contributed by atoms with Crippen LogP contribution in [0, 0.1) is 5.41 Å². The van der Waals surface area contributed by atoms with Gasteiger partial charge in [0.05, 0.1) is 0 Å². The molecule has 0 aromatic heterocycles. The van der Waals surface area contributed by atoms with Crippen LogP contribution in [-0.2, 0) is 0 Å². The van der Waals surface area contributed by atoms with Crippen LogP contribution in [0.3, 0.4) is 0 Å². The molecule has 1 aliphatic heterocycles. The van der Waals surface area contributed by atoms with Gasteiger partial charge in [0, 0.05) is 27.8 Å². The lowest BCUT2D eigenvalue weighted by atomic mass is 10.0. The lowest BCUT2D eigenvalue weighted by molar-refractivity contribution is 0.518. The zero-order chi connectivity index (χ0) is 12.6. The van der Waals surface area contributed by atoms with E-state index in [0.717, 1.165) is 16.6 Å². The molecule has 0 amide bonds. The van der Waals surface area contributed by atoms with Crippen LogP contribution in [0.15, 0.2) is 22.7 Å². The maximum absolute atomic E-state index is 7.47. The number of halogens is 1. The molecule has 1 aliphatic rings. The lowest BCUT2D eigenvalue weighted by Crippen LogP contribution is -2.38. The molecule has 0 radical (unpaired) electrons. The SMILES string of the molecule is CC1(C)CCCN1c1ccc(C(=N)N)c(Br)c1. The molecule has 1 heterocycles. The number of hydrogen-bond donors (Lipinski definition) is 2. The maximum atomic E-state index is 7.47. The maximum Gasteiger partial charge on any atom is 0.123 e. The van der Waals surface area contributed by atoms with Crippen molar-refractivity contribution in [3.8, 4) is 0 Å². The standard InChI is InChI=1S/C13H18BrN3/c1-13(2)6-3-7-17(13)9-4-5-10(12(15)16)11(14)8-9/h4-5,8H,3,6-7H2,1-2H3,(H3,15,16).